The Labute approximate surface area is 197 Å². The number of ether oxygens (including phenoxy) is 2. The van der Waals surface area contributed by atoms with Crippen LogP contribution in [0.2, 0.25) is 0 Å². The van der Waals surface area contributed by atoms with E-state index in [0.29, 0.717) is 0 Å². The molecule has 0 aromatic heterocycles. The van der Waals surface area contributed by atoms with Crippen molar-refractivity contribution in [1.82, 2.24) is 0 Å². The summed E-state index contributed by atoms with van der Waals surface area (Å²) in [5, 5.41) is 0. The molecule has 32 heavy (non-hydrogen) atoms. The van der Waals surface area contributed by atoms with Crippen LogP contribution in [-0.4, -0.2) is 37.3 Å². The van der Waals surface area contributed by atoms with E-state index in [9.17, 15) is 9.59 Å². The van der Waals surface area contributed by atoms with Crippen molar-refractivity contribution in [2.75, 3.05) is 25.7 Å². The summed E-state index contributed by atoms with van der Waals surface area (Å²) in [6.45, 7) is 0. The second kappa shape index (κ2) is 12.4. The number of allylic oxidation sites excluding steroid dienone is 3. The third-order valence-corrected chi connectivity index (χ3v) is 7.41. The normalized spacial score (nSPS) is 14.4. The van der Waals surface area contributed by atoms with Crippen LogP contribution >= 0.6 is 23.5 Å². The fraction of sp³-hybridized carbons (Fsp3) is 0.231. The SMILES string of the molecule is COc1ccc(C=CC(=O)C(C(=O)C=Cc2ccc(OC)cc2)=C2SCCCCS2)cc1. The molecule has 0 amide bonds. The molecule has 2 aromatic rings. The van der Waals surface area contributed by atoms with E-state index in [1.165, 1.54) is 12.2 Å². The molecule has 0 saturated carbocycles. The van der Waals surface area contributed by atoms with Gasteiger partial charge in [0.05, 0.1) is 24.0 Å². The van der Waals surface area contributed by atoms with Crippen LogP contribution in [0.4, 0.5) is 0 Å². The molecule has 166 valence electrons. The van der Waals surface area contributed by atoms with Crippen LogP contribution in [0.5, 0.6) is 11.5 Å². The number of ketones is 2. The van der Waals surface area contributed by atoms with Crippen molar-refractivity contribution in [3.8, 4) is 11.5 Å². The van der Waals surface area contributed by atoms with E-state index in [-0.39, 0.29) is 17.1 Å². The summed E-state index contributed by atoms with van der Waals surface area (Å²) in [7, 11) is 3.22. The van der Waals surface area contributed by atoms with Gasteiger partial charge in [-0.05, 0) is 71.9 Å². The largest absolute Gasteiger partial charge is 0.497 e. The smallest absolute Gasteiger partial charge is 0.191 e. The number of carbonyl (C=O) groups excluding carboxylic acids is 2. The lowest BCUT2D eigenvalue weighted by Gasteiger charge is -2.08. The summed E-state index contributed by atoms with van der Waals surface area (Å²) in [4.78, 5) is 26.2. The maximum absolute atomic E-state index is 13.1. The van der Waals surface area contributed by atoms with E-state index < -0.39 is 0 Å². The van der Waals surface area contributed by atoms with Gasteiger partial charge in [-0.3, -0.25) is 9.59 Å². The highest BCUT2D eigenvalue weighted by molar-refractivity contribution is 8.22. The minimum absolute atomic E-state index is 0.247. The Morgan fingerprint density at radius 2 is 1.12 bits per heavy atom. The van der Waals surface area contributed by atoms with Crippen molar-refractivity contribution in [2.24, 2.45) is 0 Å². The van der Waals surface area contributed by atoms with E-state index >= 15 is 0 Å². The van der Waals surface area contributed by atoms with Crippen molar-refractivity contribution >= 4 is 47.2 Å². The Hall–Kier alpha value is -2.70. The highest BCUT2D eigenvalue weighted by Gasteiger charge is 2.21. The quantitative estimate of drug-likeness (QED) is 0.269. The molecule has 1 saturated heterocycles. The topological polar surface area (TPSA) is 52.6 Å². The summed E-state index contributed by atoms with van der Waals surface area (Å²) in [5.41, 5.74) is 1.98. The van der Waals surface area contributed by atoms with Crippen molar-refractivity contribution < 1.29 is 19.1 Å². The first-order valence-corrected chi connectivity index (χ1v) is 12.3. The van der Waals surface area contributed by atoms with E-state index in [4.69, 9.17) is 9.47 Å². The maximum Gasteiger partial charge on any atom is 0.191 e. The van der Waals surface area contributed by atoms with Crippen LogP contribution in [0.15, 0.2) is 70.5 Å². The summed E-state index contributed by atoms with van der Waals surface area (Å²) >= 11 is 3.20. The van der Waals surface area contributed by atoms with Crippen molar-refractivity contribution in [3.05, 3.63) is 81.6 Å². The van der Waals surface area contributed by atoms with Crippen LogP contribution in [0.3, 0.4) is 0 Å². The zero-order valence-corrected chi connectivity index (χ0v) is 19.8. The first-order valence-electron chi connectivity index (χ1n) is 10.3. The van der Waals surface area contributed by atoms with Gasteiger partial charge >= 0.3 is 0 Å². The summed E-state index contributed by atoms with van der Waals surface area (Å²) < 4.78 is 11.2. The Morgan fingerprint density at radius 1 is 0.719 bits per heavy atom. The molecule has 1 heterocycles. The highest BCUT2D eigenvalue weighted by atomic mass is 32.2. The number of carbonyl (C=O) groups is 2. The van der Waals surface area contributed by atoms with Crippen LogP contribution in [0, 0.1) is 0 Å². The van der Waals surface area contributed by atoms with Gasteiger partial charge in [-0.15, -0.1) is 23.5 Å². The Kier molecular flexibility index (Phi) is 9.26. The van der Waals surface area contributed by atoms with Crippen molar-refractivity contribution in [3.63, 3.8) is 0 Å². The maximum atomic E-state index is 13.1. The van der Waals surface area contributed by atoms with Crippen LogP contribution in [0.1, 0.15) is 24.0 Å². The summed E-state index contributed by atoms with van der Waals surface area (Å²) in [6, 6.07) is 14.8. The van der Waals surface area contributed by atoms with Gasteiger partial charge in [0.25, 0.3) is 0 Å². The highest BCUT2D eigenvalue weighted by Crippen LogP contribution is 2.37. The molecule has 0 aliphatic carbocycles. The fourth-order valence-electron chi connectivity index (χ4n) is 2.98. The summed E-state index contributed by atoms with van der Waals surface area (Å²) in [5.74, 6) is 2.78. The Bertz CT molecular complexity index is 937. The zero-order valence-electron chi connectivity index (χ0n) is 18.2. The summed E-state index contributed by atoms with van der Waals surface area (Å²) in [6.07, 6.45) is 8.59. The van der Waals surface area contributed by atoms with Gasteiger partial charge < -0.3 is 9.47 Å². The molecule has 0 bridgehead atoms. The van der Waals surface area contributed by atoms with Gasteiger partial charge in [0.1, 0.15) is 11.5 Å². The lowest BCUT2D eigenvalue weighted by atomic mass is 10.1. The fourth-order valence-corrected chi connectivity index (χ4v) is 5.58. The monoisotopic (exact) mass is 466 g/mol. The molecule has 3 rings (SSSR count). The molecular weight excluding hydrogens is 440 g/mol. The Morgan fingerprint density at radius 3 is 1.50 bits per heavy atom. The van der Waals surface area contributed by atoms with Gasteiger partial charge in [-0.25, -0.2) is 0 Å². The first kappa shape index (κ1) is 24.0. The molecule has 4 nitrogen and oxygen atoms in total. The molecular formula is C26H26O4S2. The average molecular weight is 467 g/mol. The van der Waals surface area contributed by atoms with Crippen LogP contribution in [0.25, 0.3) is 12.2 Å². The second-order valence-electron chi connectivity index (χ2n) is 7.01. The first-order chi connectivity index (χ1) is 15.6. The number of benzene rings is 2. The van der Waals surface area contributed by atoms with E-state index in [2.05, 4.69) is 0 Å². The second-order valence-corrected chi connectivity index (χ2v) is 9.48. The van der Waals surface area contributed by atoms with Gasteiger partial charge in [0.15, 0.2) is 11.6 Å². The molecule has 1 fully saturated rings. The molecule has 0 unspecified atom stereocenters. The lowest BCUT2D eigenvalue weighted by molar-refractivity contribution is -0.116. The minimum atomic E-state index is -0.276. The van der Waals surface area contributed by atoms with Gasteiger partial charge in [-0.2, -0.15) is 0 Å². The lowest BCUT2D eigenvalue weighted by Crippen LogP contribution is -2.10. The van der Waals surface area contributed by atoms with Gasteiger partial charge in [0.2, 0.25) is 0 Å². The number of rotatable bonds is 8. The van der Waals surface area contributed by atoms with Crippen LogP contribution in [-0.2, 0) is 9.59 Å². The zero-order chi connectivity index (χ0) is 22.8. The standard InChI is InChI=1S/C26H26O4S2/c1-29-21-11-5-19(6-12-21)9-15-23(27)25(26-31-17-3-4-18-32-26)24(28)16-10-20-7-13-22(30-2)14-8-20/h5-16H,3-4,17-18H2,1-2H3. The number of hydrogen-bond acceptors (Lipinski definition) is 6. The van der Waals surface area contributed by atoms with E-state index in [1.807, 2.05) is 48.5 Å². The molecule has 6 heteroatoms. The van der Waals surface area contributed by atoms with E-state index in [1.54, 1.807) is 49.9 Å². The van der Waals surface area contributed by atoms with Gasteiger partial charge in [0, 0.05) is 0 Å². The predicted molar refractivity (Wildman–Crippen MR) is 135 cm³/mol. The molecule has 0 radical (unpaired) electrons. The molecule has 0 spiro atoms. The third kappa shape index (κ3) is 6.90. The van der Waals surface area contributed by atoms with Crippen molar-refractivity contribution in [1.29, 1.82) is 0 Å². The van der Waals surface area contributed by atoms with Gasteiger partial charge in [-0.1, -0.05) is 36.4 Å². The average Bonchev–Trinajstić information content (AvgIpc) is 3.11. The van der Waals surface area contributed by atoms with Crippen LogP contribution < -0.4 is 9.47 Å². The third-order valence-electron chi connectivity index (χ3n) is 4.79. The predicted octanol–water partition coefficient (Wildman–Crippen LogP) is 6.04. The number of thioether (sulfide) groups is 2. The molecule has 1 aliphatic heterocycles. The molecule has 1 aliphatic rings. The molecule has 0 atom stereocenters. The minimum Gasteiger partial charge on any atom is -0.497 e. The molecule has 2 aromatic carbocycles. The van der Waals surface area contributed by atoms with E-state index in [0.717, 1.165) is 51.2 Å². The Balaban J connectivity index is 1.84. The molecule has 0 N–H and O–H groups in total. The number of methoxy groups -OCH3 is 2. The number of hydrogen-bond donors (Lipinski definition) is 0. The van der Waals surface area contributed by atoms with Crippen molar-refractivity contribution in [2.45, 2.75) is 12.8 Å².